The Balaban J connectivity index is 0.00000338. The Morgan fingerprint density at radius 2 is 2.12 bits per heavy atom. The Kier molecular flexibility index (Phi) is 10.9. The molecule has 6 nitrogen and oxygen atoms in total. The molecule has 0 radical (unpaired) electrons. The third kappa shape index (κ3) is 8.09. The number of nitrogens with one attached hydrogen (secondary N) is 2. The predicted molar refractivity (Wildman–Crippen MR) is 118 cm³/mol. The first-order chi connectivity index (χ1) is 12.1. The van der Waals surface area contributed by atoms with Gasteiger partial charge in [-0.3, -0.25) is 9.79 Å². The van der Waals surface area contributed by atoms with Crippen molar-refractivity contribution in [1.29, 1.82) is 0 Å². The van der Waals surface area contributed by atoms with Gasteiger partial charge in [-0.2, -0.15) is 0 Å². The molecule has 0 aromatic heterocycles. The smallest absolute Gasteiger partial charge is 0.224 e. The number of carbonyl (C=O) groups excluding carboxylic acids is 1. The summed E-state index contributed by atoms with van der Waals surface area (Å²) in [7, 11) is 3.80. The number of hydrogen-bond acceptors (Lipinski definition) is 3. The summed E-state index contributed by atoms with van der Waals surface area (Å²) >= 11 is 5.83. The van der Waals surface area contributed by atoms with Crippen molar-refractivity contribution < 1.29 is 9.53 Å². The minimum atomic E-state index is -0.00410. The number of carbonyl (C=O) groups is 1. The zero-order valence-corrected chi connectivity index (χ0v) is 18.4. The maximum atomic E-state index is 11.9. The van der Waals surface area contributed by atoms with Crippen molar-refractivity contribution in [3.8, 4) is 0 Å². The first kappa shape index (κ1) is 23.0. The number of guanidine groups is 1. The third-order valence-electron chi connectivity index (χ3n) is 4.12. The minimum absolute atomic E-state index is 0. The van der Waals surface area contributed by atoms with Crippen molar-refractivity contribution in [2.45, 2.75) is 19.3 Å². The maximum absolute atomic E-state index is 11.9. The Hall–Kier alpha value is -1.06. The number of amides is 1. The summed E-state index contributed by atoms with van der Waals surface area (Å²) in [6, 6.07) is 7.10. The van der Waals surface area contributed by atoms with Gasteiger partial charge in [-0.1, -0.05) is 11.6 Å². The number of aliphatic imine (C=N–C) groups is 1. The summed E-state index contributed by atoms with van der Waals surface area (Å²) in [5, 5.41) is 6.82. The summed E-state index contributed by atoms with van der Waals surface area (Å²) in [4.78, 5) is 18.4. The molecule has 2 N–H and O–H groups in total. The van der Waals surface area contributed by atoms with Crippen LogP contribution in [-0.2, 0) is 9.53 Å². The Morgan fingerprint density at radius 1 is 1.38 bits per heavy atom. The molecule has 1 heterocycles. The van der Waals surface area contributed by atoms with E-state index in [0.29, 0.717) is 23.9 Å². The summed E-state index contributed by atoms with van der Waals surface area (Å²) in [6.07, 6.45) is 2.29. The highest BCUT2D eigenvalue weighted by Crippen LogP contribution is 2.14. The molecule has 0 bridgehead atoms. The fraction of sp³-hybridized carbons (Fsp3) is 0.556. The zero-order valence-electron chi connectivity index (χ0n) is 15.3. The van der Waals surface area contributed by atoms with E-state index in [1.165, 1.54) is 0 Å². The van der Waals surface area contributed by atoms with E-state index in [-0.39, 0.29) is 29.9 Å². The second-order valence-electron chi connectivity index (χ2n) is 6.24. The van der Waals surface area contributed by atoms with E-state index in [1.807, 2.05) is 7.05 Å². The van der Waals surface area contributed by atoms with Gasteiger partial charge < -0.3 is 20.3 Å². The SMILES string of the molecule is CN=C(NCCCC(=O)Nc1ccc(Cl)cc1)N(C)CC1CCOC1.I. The van der Waals surface area contributed by atoms with Gasteiger partial charge in [-0.25, -0.2) is 0 Å². The van der Waals surface area contributed by atoms with Gasteiger partial charge in [-0.15, -0.1) is 24.0 Å². The summed E-state index contributed by atoms with van der Waals surface area (Å²) in [6.45, 7) is 3.31. The standard InChI is InChI=1S/C18H27ClN4O2.HI/c1-20-18(23(2)12-14-9-11-25-13-14)21-10-3-4-17(24)22-16-7-5-15(19)6-8-16;/h5-8,14H,3-4,9-13H2,1-2H3,(H,20,21)(H,22,24);1H. The van der Waals surface area contributed by atoms with E-state index < -0.39 is 0 Å². The highest BCUT2D eigenvalue weighted by atomic mass is 127. The summed E-state index contributed by atoms with van der Waals surface area (Å²) in [5.41, 5.74) is 0.761. The molecule has 0 spiro atoms. The van der Waals surface area contributed by atoms with Crippen molar-refractivity contribution in [2.24, 2.45) is 10.9 Å². The molecule has 1 amide bonds. The lowest BCUT2D eigenvalue weighted by Crippen LogP contribution is -2.41. The van der Waals surface area contributed by atoms with Crippen molar-refractivity contribution in [2.75, 3.05) is 45.7 Å². The molecule has 2 rings (SSSR count). The lowest BCUT2D eigenvalue weighted by atomic mass is 10.1. The van der Waals surface area contributed by atoms with Crippen LogP contribution in [0, 0.1) is 5.92 Å². The molecule has 146 valence electrons. The van der Waals surface area contributed by atoms with Gasteiger partial charge in [0.05, 0.1) is 6.61 Å². The monoisotopic (exact) mass is 494 g/mol. The van der Waals surface area contributed by atoms with Crippen molar-refractivity contribution >= 4 is 53.1 Å². The second-order valence-corrected chi connectivity index (χ2v) is 6.68. The van der Waals surface area contributed by atoms with Crippen molar-refractivity contribution in [3.05, 3.63) is 29.3 Å². The van der Waals surface area contributed by atoms with Crippen LogP contribution in [0.15, 0.2) is 29.3 Å². The molecule has 8 heteroatoms. The van der Waals surface area contributed by atoms with E-state index in [9.17, 15) is 4.79 Å². The topological polar surface area (TPSA) is 66.0 Å². The van der Waals surface area contributed by atoms with Gasteiger partial charge in [0.1, 0.15) is 0 Å². The maximum Gasteiger partial charge on any atom is 0.224 e. The molecule has 1 aromatic carbocycles. The number of anilines is 1. The van der Waals surface area contributed by atoms with Crippen LogP contribution < -0.4 is 10.6 Å². The minimum Gasteiger partial charge on any atom is -0.381 e. The van der Waals surface area contributed by atoms with Gasteiger partial charge in [0.15, 0.2) is 5.96 Å². The van der Waals surface area contributed by atoms with Gasteiger partial charge >= 0.3 is 0 Å². The van der Waals surface area contributed by atoms with Crippen LogP contribution in [0.3, 0.4) is 0 Å². The molecule has 0 aliphatic carbocycles. The van der Waals surface area contributed by atoms with Gasteiger partial charge in [0.25, 0.3) is 0 Å². The molecule has 1 aromatic rings. The fourth-order valence-electron chi connectivity index (χ4n) is 2.79. The van der Waals surface area contributed by atoms with Crippen molar-refractivity contribution in [3.63, 3.8) is 0 Å². The highest BCUT2D eigenvalue weighted by molar-refractivity contribution is 14.0. The number of benzene rings is 1. The highest BCUT2D eigenvalue weighted by Gasteiger charge is 2.18. The van der Waals surface area contributed by atoms with Crippen LogP contribution in [0.4, 0.5) is 5.69 Å². The number of hydrogen-bond donors (Lipinski definition) is 2. The first-order valence-electron chi connectivity index (χ1n) is 8.63. The second kappa shape index (κ2) is 12.3. The quantitative estimate of drug-likeness (QED) is 0.264. The van der Waals surface area contributed by atoms with E-state index in [2.05, 4.69) is 20.5 Å². The van der Waals surface area contributed by atoms with Gasteiger partial charge in [-0.05, 0) is 37.1 Å². The molecule has 26 heavy (non-hydrogen) atoms. The molecule has 1 fully saturated rings. The molecule has 1 aliphatic rings. The van der Waals surface area contributed by atoms with Crippen LogP contribution in [0.5, 0.6) is 0 Å². The Morgan fingerprint density at radius 3 is 2.73 bits per heavy atom. The fourth-order valence-corrected chi connectivity index (χ4v) is 2.92. The lowest BCUT2D eigenvalue weighted by molar-refractivity contribution is -0.116. The molecule has 1 saturated heterocycles. The number of nitrogens with zero attached hydrogens (tertiary/aromatic N) is 2. The Labute approximate surface area is 177 Å². The predicted octanol–water partition coefficient (Wildman–Crippen LogP) is 3.22. The zero-order chi connectivity index (χ0) is 18.1. The molecular weight excluding hydrogens is 467 g/mol. The summed E-state index contributed by atoms with van der Waals surface area (Å²) < 4.78 is 5.41. The summed E-state index contributed by atoms with van der Waals surface area (Å²) in [5.74, 6) is 1.41. The third-order valence-corrected chi connectivity index (χ3v) is 4.37. The van der Waals surface area contributed by atoms with E-state index >= 15 is 0 Å². The normalized spacial score (nSPS) is 16.7. The van der Waals surface area contributed by atoms with E-state index in [1.54, 1.807) is 31.3 Å². The number of rotatable bonds is 7. The molecule has 1 unspecified atom stereocenters. The molecule has 1 aliphatic heterocycles. The van der Waals surface area contributed by atoms with Crippen LogP contribution in [0.25, 0.3) is 0 Å². The van der Waals surface area contributed by atoms with Crippen LogP contribution in [-0.4, -0.2) is 57.2 Å². The lowest BCUT2D eigenvalue weighted by Gasteiger charge is -2.24. The average Bonchev–Trinajstić information content (AvgIpc) is 3.10. The van der Waals surface area contributed by atoms with Gasteiger partial charge in [0.2, 0.25) is 5.91 Å². The number of halogens is 2. The Bertz CT molecular complexity index is 577. The van der Waals surface area contributed by atoms with Crippen LogP contribution in [0.2, 0.25) is 5.02 Å². The number of ether oxygens (including phenoxy) is 1. The van der Waals surface area contributed by atoms with Crippen LogP contribution >= 0.6 is 35.6 Å². The molecular formula is C18H28ClIN4O2. The van der Waals surface area contributed by atoms with E-state index in [4.69, 9.17) is 16.3 Å². The van der Waals surface area contributed by atoms with Gasteiger partial charge in [0, 0.05) is 56.8 Å². The van der Waals surface area contributed by atoms with E-state index in [0.717, 1.165) is 44.2 Å². The average molecular weight is 495 g/mol. The largest absolute Gasteiger partial charge is 0.381 e. The first-order valence-corrected chi connectivity index (χ1v) is 9.01. The van der Waals surface area contributed by atoms with Crippen LogP contribution in [0.1, 0.15) is 19.3 Å². The van der Waals surface area contributed by atoms with Crippen molar-refractivity contribution in [1.82, 2.24) is 10.2 Å². The molecule has 0 saturated carbocycles. The molecule has 1 atom stereocenters.